The van der Waals surface area contributed by atoms with E-state index in [4.69, 9.17) is 4.74 Å². The summed E-state index contributed by atoms with van der Waals surface area (Å²) in [7, 11) is 1.33. The van der Waals surface area contributed by atoms with Crippen molar-refractivity contribution in [2.24, 2.45) is 0 Å². The molecule has 1 aliphatic rings. The highest BCUT2D eigenvalue weighted by molar-refractivity contribution is 7.13. The van der Waals surface area contributed by atoms with Gasteiger partial charge in [0, 0.05) is 27.6 Å². The summed E-state index contributed by atoms with van der Waals surface area (Å²) < 4.78 is 12.5. The van der Waals surface area contributed by atoms with Gasteiger partial charge in [-0.05, 0) is 32.0 Å². The Labute approximate surface area is 187 Å². The number of nitriles is 1. The highest BCUT2D eigenvalue weighted by Gasteiger charge is 2.31. The second-order valence-corrected chi connectivity index (χ2v) is 8.83. The summed E-state index contributed by atoms with van der Waals surface area (Å²) in [5, 5.41) is 18.1. The van der Waals surface area contributed by atoms with E-state index in [1.54, 1.807) is 10.9 Å². The average Bonchev–Trinajstić information content (AvgIpc) is 3.44. The number of methoxy groups -OCH3 is 1. The van der Waals surface area contributed by atoms with Crippen LogP contribution in [0.3, 0.4) is 0 Å². The van der Waals surface area contributed by atoms with Gasteiger partial charge in [-0.15, -0.1) is 11.3 Å². The van der Waals surface area contributed by atoms with Crippen LogP contribution in [0.2, 0.25) is 0 Å². The molecule has 0 spiro atoms. The number of carbonyl (C=O) groups is 1. The summed E-state index contributed by atoms with van der Waals surface area (Å²) >= 11 is 1.47. The molecule has 1 aliphatic heterocycles. The van der Waals surface area contributed by atoms with Crippen molar-refractivity contribution in [1.82, 2.24) is 25.1 Å². The number of amides is 1. The molecule has 4 aromatic rings. The number of aryl methyl sites for hydroxylation is 2. The Hall–Kier alpha value is -3.84. The Balaban J connectivity index is 1.68. The summed E-state index contributed by atoms with van der Waals surface area (Å²) in [5.74, 6) is 0.615. The maximum Gasteiger partial charge on any atom is 0.407 e. The van der Waals surface area contributed by atoms with E-state index < -0.39 is 6.09 Å². The third-order valence-corrected chi connectivity index (χ3v) is 6.40. The van der Waals surface area contributed by atoms with Crippen LogP contribution < -0.4 is 10.1 Å². The van der Waals surface area contributed by atoms with Crippen molar-refractivity contribution in [3.63, 3.8) is 0 Å². The van der Waals surface area contributed by atoms with Gasteiger partial charge in [0.25, 0.3) is 0 Å². The number of hydrogen-bond acceptors (Lipinski definition) is 7. The molecule has 5 rings (SSSR count). The van der Waals surface area contributed by atoms with Gasteiger partial charge in [0.05, 0.1) is 36.6 Å². The zero-order chi connectivity index (χ0) is 22.4. The molecule has 0 saturated carbocycles. The molecule has 0 radical (unpaired) electrons. The molecule has 4 aromatic heterocycles. The van der Waals surface area contributed by atoms with Crippen molar-refractivity contribution in [2.75, 3.05) is 13.7 Å². The van der Waals surface area contributed by atoms with Gasteiger partial charge in [-0.2, -0.15) is 10.4 Å². The minimum Gasteiger partial charge on any atom is -0.475 e. The van der Waals surface area contributed by atoms with Gasteiger partial charge in [0.15, 0.2) is 0 Å². The molecule has 0 aromatic carbocycles. The Morgan fingerprint density at radius 3 is 3.06 bits per heavy atom. The van der Waals surface area contributed by atoms with E-state index in [0.717, 1.165) is 44.0 Å². The predicted molar refractivity (Wildman–Crippen MR) is 120 cm³/mol. The molecule has 162 valence electrons. The van der Waals surface area contributed by atoms with E-state index in [1.807, 2.05) is 32.0 Å². The SMILES string of the molecule is COC(=O)N[C@@H]1COc2c(-c3[nH]c4ncccc4c3-c3cc(C)sc3C#N)c(C)nn2C1. The number of aromatic nitrogens is 4. The van der Waals surface area contributed by atoms with Crippen LogP contribution in [0.5, 0.6) is 5.88 Å². The van der Waals surface area contributed by atoms with Crippen LogP contribution in [0, 0.1) is 25.2 Å². The van der Waals surface area contributed by atoms with Crippen molar-refractivity contribution >= 4 is 28.5 Å². The van der Waals surface area contributed by atoms with E-state index in [9.17, 15) is 10.1 Å². The molecule has 32 heavy (non-hydrogen) atoms. The largest absolute Gasteiger partial charge is 0.475 e. The number of thiophene rings is 1. The first-order chi connectivity index (χ1) is 15.5. The number of nitrogens with one attached hydrogen (secondary N) is 2. The lowest BCUT2D eigenvalue weighted by Gasteiger charge is -2.25. The monoisotopic (exact) mass is 448 g/mol. The number of H-pyrrole nitrogens is 1. The van der Waals surface area contributed by atoms with Crippen molar-refractivity contribution in [3.05, 3.63) is 39.8 Å². The molecule has 1 amide bonds. The average molecular weight is 449 g/mol. The normalized spacial score (nSPS) is 15.1. The minimum absolute atomic E-state index is 0.254. The summed E-state index contributed by atoms with van der Waals surface area (Å²) in [6, 6.07) is 7.98. The Morgan fingerprint density at radius 1 is 1.44 bits per heavy atom. The molecule has 10 heteroatoms. The van der Waals surface area contributed by atoms with E-state index in [0.29, 0.717) is 23.9 Å². The molecule has 5 heterocycles. The van der Waals surface area contributed by atoms with Crippen LogP contribution in [0.15, 0.2) is 24.4 Å². The number of rotatable bonds is 3. The third kappa shape index (κ3) is 3.18. The summed E-state index contributed by atoms with van der Waals surface area (Å²) in [4.78, 5) is 21.2. The summed E-state index contributed by atoms with van der Waals surface area (Å²) in [6.45, 7) is 4.66. The molecule has 0 saturated heterocycles. The quantitative estimate of drug-likeness (QED) is 0.493. The fraction of sp³-hybridized carbons (Fsp3) is 0.273. The zero-order valence-electron chi connectivity index (χ0n) is 17.7. The van der Waals surface area contributed by atoms with Gasteiger partial charge in [-0.3, -0.25) is 0 Å². The van der Waals surface area contributed by atoms with Crippen LogP contribution in [0.4, 0.5) is 4.79 Å². The molecule has 0 fully saturated rings. The smallest absolute Gasteiger partial charge is 0.407 e. The molecule has 2 N–H and O–H groups in total. The fourth-order valence-electron chi connectivity index (χ4n) is 4.14. The number of hydrogen-bond donors (Lipinski definition) is 2. The van der Waals surface area contributed by atoms with Gasteiger partial charge in [-0.1, -0.05) is 0 Å². The summed E-state index contributed by atoms with van der Waals surface area (Å²) in [6.07, 6.45) is 1.23. The van der Waals surface area contributed by atoms with Crippen LogP contribution >= 0.6 is 11.3 Å². The second-order valence-electron chi connectivity index (χ2n) is 7.58. The van der Waals surface area contributed by atoms with Gasteiger partial charge in [0.1, 0.15) is 23.2 Å². The molecule has 9 nitrogen and oxygen atoms in total. The molecule has 0 bridgehead atoms. The first-order valence-electron chi connectivity index (χ1n) is 10.0. The maximum absolute atomic E-state index is 11.6. The van der Waals surface area contributed by atoms with Crippen LogP contribution in [-0.4, -0.2) is 45.6 Å². The van der Waals surface area contributed by atoms with Crippen LogP contribution in [0.1, 0.15) is 15.4 Å². The lowest BCUT2D eigenvalue weighted by Crippen LogP contribution is -2.44. The van der Waals surface area contributed by atoms with E-state index in [-0.39, 0.29) is 6.04 Å². The predicted octanol–water partition coefficient (Wildman–Crippen LogP) is 3.76. The van der Waals surface area contributed by atoms with E-state index in [2.05, 4.69) is 31.2 Å². The van der Waals surface area contributed by atoms with Crippen molar-refractivity contribution < 1.29 is 14.3 Å². The van der Waals surface area contributed by atoms with Gasteiger partial charge >= 0.3 is 6.09 Å². The molecular weight excluding hydrogens is 428 g/mol. The maximum atomic E-state index is 11.6. The van der Waals surface area contributed by atoms with Crippen LogP contribution in [-0.2, 0) is 11.3 Å². The lowest BCUT2D eigenvalue weighted by atomic mass is 9.99. The third-order valence-electron chi connectivity index (χ3n) is 5.45. The number of nitrogens with zero attached hydrogens (tertiary/aromatic N) is 4. The highest BCUT2D eigenvalue weighted by Crippen LogP contribution is 2.45. The first-order valence-corrected chi connectivity index (χ1v) is 10.8. The zero-order valence-corrected chi connectivity index (χ0v) is 18.5. The van der Waals surface area contributed by atoms with E-state index in [1.165, 1.54) is 18.4 Å². The number of carbonyl (C=O) groups excluding carboxylic acids is 1. The molecule has 0 unspecified atom stereocenters. The number of ether oxygens (including phenoxy) is 2. The number of aromatic amines is 1. The Bertz CT molecular complexity index is 1390. The van der Waals surface area contributed by atoms with Crippen molar-refractivity contribution in [3.8, 4) is 34.3 Å². The summed E-state index contributed by atoms with van der Waals surface area (Å²) in [5.41, 5.74) is 4.91. The van der Waals surface area contributed by atoms with E-state index >= 15 is 0 Å². The second kappa shape index (κ2) is 7.69. The van der Waals surface area contributed by atoms with Gasteiger partial charge in [-0.25, -0.2) is 14.5 Å². The number of alkyl carbamates (subject to hydrolysis) is 1. The first kappa shape index (κ1) is 20.1. The Kier molecular flexibility index (Phi) is 4.83. The Morgan fingerprint density at radius 2 is 2.28 bits per heavy atom. The van der Waals surface area contributed by atoms with Crippen molar-refractivity contribution in [2.45, 2.75) is 26.4 Å². The van der Waals surface area contributed by atoms with Gasteiger partial charge < -0.3 is 19.8 Å². The topological polar surface area (TPSA) is 118 Å². The highest BCUT2D eigenvalue weighted by atomic mass is 32.1. The fourth-order valence-corrected chi connectivity index (χ4v) is 4.96. The van der Waals surface area contributed by atoms with Crippen molar-refractivity contribution in [1.29, 1.82) is 5.26 Å². The van der Waals surface area contributed by atoms with Gasteiger partial charge in [0.2, 0.25) is 5.88 Å². The number of pyridine rings is 1. The standard InChI is InChI=1S/C22H20N6O3S/c1-11-7-15(16(8-23)32-11)18-14-5-4-6-24-20(14)26-19(18)17-12(2)27-28-9-13(10-31-21(17)28)25-22(29)30-3/h4-7,13H,9-10H2,1-3H3,(H,24,26)(H,25,29)/t13-/m0/s1. The molecule has 1 atom stereocenters. The number of fused-ring (bicyclic) bond motifs is 2. The minimum atomic E-state index is -0.507. The lowest BCUT2D eigenvalue weighted by molar-refractivity contribution is 0.143. The van der Waals surface area contributed by atoms with Crippen LogP contribution in [0.25, 0.3) is 33.4 Å². The molecule has 0 aliphatic carbocycles. The molecular formula is C22H20N6O3S.